The molecule has 0 spiro atoms. The maximum atomic E-state index is 5.41. The van der Waals surface area contributed by atoms with Crippen LogP contribution in [0.3, 0.4) is 0 Å². The van der Waals surface area contributed by atoms with E-state index in [0.717, 1.165) is 47.3 Å². The van der Waals surface area contributed by atoms with E-state index in [1.165, 1.54) is 0 Å². The van der Waals surface area contributed by atoms with Gasteiger partial charge < -0.3 is 15.0 Å². The van der Waals surface area contributed by atoms with Crippen LogP contribution in [0.1, 0.15) is 5.69 Å². The normalized spacial score (nSPS) is 15.1. The number of H-pyrrole nitrogens is 1. The van der Waals surface area contributed by atoms with Crippen LogP contribution in [-0.4, -0.2) is 46.5 Å². The second-order valence-electron chi connectivity index (χ2n) is 5.55. The Balaban J connectivity index is 1.76. The Morgan fingerprint density at radius 1 is 1.17 bits per heavy atom. The van der Waals surface area contributed by atoms with E-state index >= 15 is 0 Å². The number of ether oxygens (including phenoxy) is 1. The highest BCUT2D eigenvalue weighted by Gasteiger charge is 2.16. The Kier molecular flexibility index (Phi) is 3.55. The molecular formula is C16H18N6O. The van der Waals surface area contributed by atoms with E-state index in [-0.39, 0.29) is 0 Å². The monoisotopic (exact) mass is 310 g/mol. The lowest BCUT2D eigenvalue weighted by Gasteiger charge is -2.27. The molecule has 118 valence electrons. The number of hydrogen-bond acceptors (Lipinski definition) is 6. The van der Waals surface area contributed by atoms with Crippen LogP contribution in [-0.2, 0) is 4.74 Å². The average Bonchev–Trinajstić information content (AvgIpc) is 3.00. The van der Waals surface area contributed by atoms with Crippen LogP contribution in [0.25, 0.3) is 10.9 Å². The van der Waals surface area contributed by atoms with Gasteiger partial charge in [-0.1, -0.05) is 12.1 Å². The van der Waals surface area contributed by atoms with Gasteiger partial charge in [-0.3, -0.25) is 5.10 Å². The molecule has 3 aromatic rings. The number of benzene rings is 1. The lowest BCUT2D eigenvalue weighted by molar-refractivity contribution is 0.122. The predicted molar refractivity (Wildman–Crippen MR) is 89.2 cm³/mol. The number of rotatable bonds is 3. The lowest BCUT2D eigenvalue weighted by Crippen LogP contribution is -2.37. The van der Waals surface area contributed by atoms with Crippen molar-refractivity contribution in [3.8, 4) is 0 Å². The quantitative estimate of drug-likeness (QED) is 0.772. The minimum atomic E-state index is 0.706. The van der Waals surface area contributed by atoms with E-state index in [1.54, 1.807) is 0 Å². The van der Waals surface area contributed by atoms with Crippen molar-refractivity contribution < 1.29 is 4.74 Å². The minimum absolute atomic E-state index is 0.706. The number of hydrogen-bond donors (Lipinski definition) is 2. The molecule has 1 aromatic carbocycles. The van der Waals surface area contributed by atoms with Gasteiger partial charge in [0.2, 0.25) is 5.95 Å². The number of anilines is 3. The lowest BCUT2D eigenvalue weighted by atomic mass is 10.2. The van der Waals surface area contributed by atoms with Gasteiger partial charge in [0.05, 0.1) is 18.7 Å². The number of aryl methyl sites for hydroxylation is 1. The third-order valence-corrected chi connectivity index (χ3v) is 3.84. The molecule has 0 bridgehead atoms. The Morgan fingerprint density at radius 2 is 2.00 bits per heavy atom. The number of aromatic amines is 1. The zero-order valence-electron chi connectivity index (χ0n) is 12.9. The first-order valence-electron chi connectivity index (χ1n) is 7.68. The number of fused-ring (bicyclic) bond motifs is 1. The molecule has 1 saturated heterocycles. The van der Waals surface area contributed by atoms with Gasteiger partial charge in [0.1, 0.15) is 5.82 Å². The van der Waals surface area contributed by atoms with Crippen LogP contribution in [0, 0.1) is 6.92 Å². The van der Waals surface area contributed by atoms with Gasteiger partial charge in [0, 0.05) is 30.2 Å². The average molecular weight is 310 g/mol. The Bertz CT molecular complexity index is 824. The van der Waals surface area contributed by atoms with Gasteiger partial charge in [-0.2, -0.15) is 10.1 Å². The predicted octanol–water partition coefficient (Wildman–Crippen LogP) is 2.24. The zero-order chi connectivity index (χ0) is 15.6. The van der Waals surface area contributed by atoms with E-state index in [0.29, 0.717) is 13.2 Å². The van der Waals surface area contributed by atoms with Crippen molar-refractivity contribution in [3.63, 3.8) is 0 Å². The number of para-hydroxylation sites is 1. The van der Waals surface area contributed by atoms with Crippen LogP contribution >= 0.6 is 0 Å². The smallest absolute Gasteiger partial charge is 0.228 e. The summed E-state index contributed by atoms with van der Waals surface area (Å²) in [5.74, 6) is 2.24. The Hall–Kier alpha value is -2.67. The fourth-order valence-electron chi connectivity index (χ4n) is 2.67. The maximum Gasteiger partial charge on any atom is 0.228 e. The molecule has 23 heavy (non-hydrogen) atoms. The number of nitrogens with zero attached hydrogens (tertiary/aromatic N) is 4. The molecule has 0 amide bonds. The molecule has 3 heterocycles. The molecule has 0 aliphatic carbocycles. The number of aromatic nitrogens is 4. The van der Waals surface area contributed by atoms with Gasteiger partial charge in [0.25, 0.3) is 0 Å². The highest BCUT2D eigenvalue weighted by molar-refractivity contribution is 5.91. The van der Waals surface area contributed by atoms with E-state index in [4.69, 9.17) is 14.7 Å². The first kappa shape index (κ1) is 14.0. The molecule has 0 unspecified atom stereocenters. The largest absolute Gasteiger partial charge is 0.378 e. The summed E-state index contributed by atoms with van der Waals surface area (Å²) in [5.41, 5.74) is 1.91. The number of nitrogens with one attached hydrogen (secondary N) is 2. The minimum Gasteiger partial charge on any atom is -0.378 e. The molecule has 0 saturated carbocycles. The summed E-state index contributed by atoms with van der Waals surface area (Å²) in [6, 6.07) is 9.94. The molecule has 0 atom stereocenters. The van der Waals surface area contributed by atoms with Gasteiger partial charge >= 0.3 is 0 Å². The van der Waals surface area contributed by atoms with Crippen molar-refractivity contribution in [2.45, 2.75) is 6.92 Å². The second kappa shape index (κ2) is 5.85. The van der Waals surface area contributed by atoms with Crippen molar-refractivity contribution in [3.05, 3.63) is 36.0 Å². The van der Waals surface area contributed by atoms with E-state index in [9.17, 15) is 0 Å². The first-order valence-corrected chi connectivity index (χ1v) is 7.68. The summed E-state index contributed by atoms with van der Waals surface area (Å²) in [6.07, 6.45) is 0. The molecule has 7 nitrogen and oxygen atoms in total. The summed E-state index contributed by atoms with van der Waals surface area (Å²) < 4.78 is 5.41. The van der Waals surface area contributed by atoms with Crippen molar-refractivity contribution in [1.29, 1.82) is 0 Å². The molecule has 4 rings (SSSR count). The third-order valence-electron chi connectivity index (χ3n) is 3.84. The summed E-state index contributed by atoms with van der Waals surface area (Å²) in [4.78, 5) is 11.6. The highest BCUT2D eigenvalue weighted by Crippen LogP contribution is 2.26. The molecule has 1 aliphatic rings. The van der Waals surface area contributed by atoms with Gasteiger partial charge in [-0.05, 0) is 19.1 Å². The van der Waals surface area contributed by atoms with E-state index in [1.807, 2.05) is 37.3 Å². The SMILES string of the molecule is Cc1cc(Nc2nc(N3CCOCC3)nc3ccccc23)n[nH]1. The fraction of sp³-hybridized carbons (Fsp3) is 0.312. The fourth-order valence-corrected chi connectivity index (χ4v) is 2.67. The van der Waals surface area contributed by atoms with Crippen molar-refractivity contribution in [2.75, 3.05) is 36.5 Å². The van der Waals surface area contributed by atoms with Gasteiger partial charge in [0.15, 0.2) is 5.82 Å². The highest BCUT2D eigenvalue weighted by atomic mass is 16.5. The second-order valence-corrected chi connectivity index (χ2v) is 5.55. The van der Waals surface area contributed by atoms with E-state index in [2.05, 4.69) is 20.4 Å². The molecule has 1 aliphatic heterocycles. The van der Waals surface area contributed by atoms with Crippen molar-refractivity contribution >= 4 is 28.5 Å². The zero-order valence-corrected chi connectivity index (χ0v) is 12.9. The molecule has 2 N–H and O–H groups in total. The van der Waals surface area contributed by atoms with Crippen LogP contribution < -0.4 is 10.2 Å². The molecular weight excluding hydrogens is 292 g/mol. The Labute approximate surface area is 133 Å². The van der Waals surface area contributed by atoms with Crippen LogP contribution in [0.2, 0.25) is 0 Å². The topological polar surface area (TPSA) is 79.0 Å². The van der Waals surface area contributed by atoms with Crippen molar-refractivity contribution in [2.24, 2.45) is 0 Å². The summed E-state index contributed by atoms with van der Waals surface area (Å²) in [7, 11) is 0. The van der Waals surface area contributed by atoms with Gasteiger partial charge in [-0.25, -0.2) is 4.98 Å². The van der Waals surface area contributed by atoms with Crippen LogP contribution in [0.15, 0.2) is 30.3 Å². The molecule has 0 radical (unpaired) electrons. The summed E-state index contributed by atoms with van der Waals surface area (Å²) >= 11 is 0. The molecule has 1 fully saturated rings. The summed E-state index contributed by atoms with van der Waals surface area (Å²) in [5, 5.41) is 11.4. The Morgan fingerprint density at radius 3 is 2.78 bits per heavy atom. The van der Waals surface area contributed by atoms with Gasteiger partial charge in [-0.15, -0.1) is 0 Å². The van der Waals surface area contributed by atoms with Crippen LogP contribution in [0.4, 0.5) is 17.6 Å². The number of morpholine rings is 1. The standard InChI is InChI=1S/C16H18N6O/c1-11-10-14(21-20-11)18-15-12-4-2-3-5-13(12)17-16(19-15)22-6-8-23-9-7-22/h2-5,10H,6-9H2,1H3,(H2,17,18,19,20,21). The maximum absolute atomic E-state index is 5.41. The summed E-state index contributed by atoms with van der Waals surface area (Å²) in [6.45, 7) is 4.99. The van der Waals surface area contributed by atoms with Crippen LogP contribution in [0.5, 0.6) is 0 Å². The first-order chi connectivity index (χ1) is 11.3. The van der Waals surface area contributed by atoms with E-state index < -0.39 is 0 Å². The molecule has 2 aromatic heterocycles. The third kappa shape index (κ3) is 2.83. The molecule has 7 heteroatoms. The van der Waals surface area contributed by atoms with Crippen molar-refractivity contribution in [1.82, 2.24) is 20.2 Å².